The number of hydrogen-bond acceptors (Lipinski definition) is 4. The Balaban J connectivity index is 1.92. The number of nitrogen functional groups attached to an aromatic ring is 1. The first kappa shape index (κ1) is 15.4. The van der Waals surface area contributed by atoms with E-state index >= 15 is 0 Å². The van der Waals surface area contributed by atoms with Gasteiger partial charge in [0.05, 0.1) is 10.6 Å². The van der Waals surface area contributed by atoms with Crippen LogP contribution >= 0.6 is 11.6 Å². The second-order valence-electron chi connectivity index (χ2n) is 6.60. The summed E-state index contributed by atoms with van der Waals surface area (Å²) in [7, 11) is 0. The van der Waals surface area contributed by atoms with Crippen LogP contribution in [0.2, 0.25) is 5.02 Å². The van der Waals surface area contributed by atoms with Crippen molar-refractivity contribution >= 4 is 29.4 Å². The van der Waals surface area contributed by atoms with Gasteiger partial charge in [0.1, 0.15) is 11.6 Å². The number of benzene rings is 1. The summed E-state index contributed by atoms with van der Waals surface area (Å²) in [5.74, 6) is 0.136. The summed E-state index contributed by atoms with van der Waals surface area (Å²) < 4.78 is 14.7. The molecule has 0 amide bonds. The second-order valence-corrected chi connectivity index (χ2v) is 6.98. The number of anilines is 2. The maximum Gasteiger partial charge on any atom is 0.155 e. The normalized spacial score (nSPS) is 17.8. The monoisotopic (exact) mass is 345 g/mol. The van der Waals surface area contributed by atoms with E-state index in [1.165, 1.54) is 6.07 Å². The Morgan fingerprint density at radius 2 is 2.04 bits per heavy atom. The van der Waals surface area contributed by atoms with Crippen LogP contribution in [0.25, 0.3) is 11.1 Å². The number of nitrogens with zero attached hydrogens (tertiary/aromatic N) is 1. The lowest BCUT2D eigenvalue weighted by atomic mass is 9.80. The van der Waals surface area contributed by atoms with Gasteiger partial charge in [0, 0.05) is 40.5 Å². The van der Waals surface area contributed by atoms with Crippen molar-refractivity contribution in [2.75, 3.05) is 17.6 Å². The third kappa shape index (κ3) is 2.04. The van der Waals surface area contributed by atoms with Crippen molar-refractivity contribution in [1.82, 2.24) is 4.98 Å². The van der Waals surface area contributed by atoms with Crippen LogP contribution in [0, 0.1) is 5.82 Å². The minimum absolute atomic E-state index is 0.00675. The van der Waals surface area contributed by atoms with Crippen LogP contribution in [0.15, 0.2) is 18.3 Å². The summed E-state index contributed by atoms with van der Waals surface area (Å²) >= 11 is 6.70. The molecule has 1 aromatic carbocycles. The zero-order chi connectivity index (χ0) is 16.9. The van der Waals surface area contributed by atoms with E-state index < -0.39 is 5.82 Å². The molecule has 1 aliphatic heterocycles. The van der Waals surface area contributed by atoms with Crippen molar-refractivity contribution in [1.29, 1.82) is 0 Å². The fourth-order valence-corrected chi connectivity index (χ4v) is 4.49. The summed E-state index contributed by atoms with van der Waals surface area (Å²) in [6, 6.07) is 3.08. The van der Waals surface area contributed by atoms with E-state index in [4.69, 9.17) is 17.3 Å². The molecular weight excluding hydrogens is 329 g/mol. The number of nitrogens with one attached hydrogen (secondary N) is 1. The molecule has 1 fully saturated rings. The SMILES string of the molecule is Nc1ccc(-c2cnc3c(c2Cl)C2(CCCC2)CN3)c(F)c1C=O. The van der Waals surface area contributed by atoms with E-state index in [9.17, 15) is 9.18 Å². The Morgan fingerprint density at radius 3 is 2.75 bits per heavy atom. The maximum atomic E-state index is 14.7. The van der Waals surface area contributed by atoms with E-state index in [2.05, 4.69) is 10.3 Å². The largest absolute Gasteiger partial charge is 0.398 e. The van der Waals surface area contributed by atoms with Crippen molar-refractivity contribution in [3.05, 3.63) is 40.3 Å². The van der Waals surface area contributed by atoms with Crippen molar-refractivity contribution in [3.8, 4) is 11.1 Å². The Labute approximate surface area is 144 Å². The minimum atomic E-state index is -0.653. The number of rotatable bonds is 2. The Kier molecular flexibility index (Phi) is 3.49. The van der Waals surface area contributed by atoms with E-state index in [-0.39, 0.29) is 22.2 Å². The Morgan fingerprint density at radius 1 is 1.29 bits per heavy atom. The molecule has 0 bridgehead atoms. The van der Waals surface area contributed by atoms with Crippen LogP contribution in [-0.2, 0) is 5.41 Å². The average molecular weight is 346 g/mol. The van der Waals surface area contributed by atoms with E-state index in [1.54, 1.807) is 12.3 Å². The third-order valence-electron chi connectivity index (χ3n) is 5.32. The molecule has 2 aliphatic rings. The van der Waals surface area contributed by atoms with Gasteiger partial charge in [-0.2, -0.15) is 0 Å². The summed E-state index contributed by atoms with van der Waals surface area (Å²) in [6.07, 6.45) is 6.43. The number of halogens is 2. The number of fused-ring (bicyclic) bond motifs is 2. The highest BCUT2D eigenvalue weighted by Crippen LogP contribution is 2.52. The molecule has 124 valence electrons. The van der Waals surface area contributed by atoms with Gasteiger partial charge in [0.2, 0.25) is 0 Å². The van der Waals surface area contributed by atoms with Gasteiger partial charge in [-0.3, -0.25) is 4.79 Å². The quantitative estimate of drug-likeness (QED) is 0.633. The van der Waals surface area contributed by atoms with Crippen LogP contribution in [0.1, 0.15) is 41.6 Å². The molecule has 4 rings (SSSR count). The second kappa shape index (κ2) is 5.45. The summed E-state index contributed by atoms with van der Waals surface area (Å²) in [5.41, 5.74) is 7.39. The molecule has 1 saturated carbocycles. The Hall–Kier alpha value is -2.14. The number of nitrogens with two attached hydrogens (primary N) is 1. The molecule has 2 aromatic rings. The predicted octanol–water partition coefficient (Wildman–Crippen LogP) is 4.17. The lowest BCUT2D eigenvalue weighted by Crippen LogP contribution is -2.24. The van der Waals surface area contributed by atoms with E-state index in [0.29, 0.717) is 16.9 Å². The number of pyridine rings is 1. The van der Waals surface area contributed by atoms with Crippen molar-refractivity contribution in [3.63, 3.8) is 0 Å². The van der Waals surface area contributed by atoms with Crippen molar-refractivity contribution in [2.24, 2.45) is 0 Å². The zero-order valence-electron chi connectivity index (χ0n) is 13.0. The highest BCUT2D eigenvalue weighted by Gasteiger charge is 2.44. The number of aromatic nitrogens is 1. The predicted molar refractivity (Wildman–Crippen MR) is 93.1 cm³/mol. The van der Waals surface area contributed by atoms with Gasteiger partial charge in [0.25, 0.3) is 0 Å². The summed E-state index contributed by atoms with van der Waals surface area (Å²) in [4.78, 5) is 15.6. The standard InChI is InChI=1S/C18H17ClFN3O/c19-15-11(10-3-4-13(21)12(8-24)16(10)20)7-22-17-14(15)18(9-23-17)5-1-2-6-18/h3-4,7-8H,1-2,5-6,9,21H2,(H,22,23). The fourth-order valence-electron chi connectivity index (χ4n) is 4.05. The first-order valence-corrected chi connectivity index (χ1v) is 8.41. The minimum Gasteiger partial charge on any atom is -0.398 e. The first-order chi connectivity index (χ1) is 11.6. The highest BCUT2D eigenvalue weighted by atomic mass is 35.5. The maximum absolute atomic E-state index is 14.7. The molecule has 1 spiro atoms. The van der Waals surface area contributed by atoms with Gasteiger partial charge in [-0.05, 0) is 25.0 Å². The van der Waals surface area contributed by atoms with Gasteiger partial charge in [-0.15, -0.1) is 0 Å². The van der Waals surface area contributed by atoms with Gasteiger partial charge in [-0.25, -0.2) is 9.37 Å². The van der Waals surface area contributed by atoms with E-state index in [0.717, 1.165) is 43.6 Å². The van der Waals surface area contributed by atoms with Gasteiger partial charge >= 0.3 is 0 Å². The van der Waals surface area contributed by atoms with Gasteiger partial charge in [0.15, 0.2) is 6.29 Å². The van der Waals surface area contributed by atoms with Gasteiger partial charge in [-0.1, -0.05) is 24.4 Å². The summed E-state index contributed by atoms with van der Waals surface area (Å²) in [5, 5.41) is 3.85. The molecule has 2 heterocycles. The molecule has 1 aliphatic carbocycles. The van der Waals surface area contributed by atoms with Crippen LogP contribution < -0.4 is 11.1 Å². The number of hydrogen-bond donors (Lipinski definition) is 2. The fraction of sp³-hybridized carbons (Fsp3) is 0.333. The van der Waals surface area contributed by atoms with E-state index in [1.807, 2.05) is 0 Å². The zero-order valence-corrected chi connectivity index (χ0v) is 13.8. The average Bonchev–Trinajstić information content (AvgIpc) is 3.18. The van der Waals surface area contributed by atoms with Gasteiger partial charge < -0.3 is 11.1 Å². The molecule has 0 atom stereocenters. The number of carbonyl (C=O) groups excluding carboxylic acids is 1. The van der Waals surface area contributed by atoms with Crippen LogP contribution in [0.3, 0.4) is 0 Å². The smallest absolute Gasteiger partial charge is 0.155 e. The number of carbonyl (C=O) groups is 1. The van der Waals surface area contributed by atoms with Crippen LogP contribution in [0.5, 0.6) is 0 Å². The molecular formula is C18H17ClFN3O. The topological polar surface area (TPSA) is 68.0 Å². The Bertz CT molecular complexity index is 847. The summed E-state index contributed by atoms with van der Waals surface area (Å²) in [6.45, 7) is 0.822. The van der Waals surface area contributed by atoms with Crippen molar-refractivity contribution in [2.45, 2.75) is 31.1 Å². The molecule has 0 unspecified atom stereocenters. The molecule has 0 radical (unpaired) electrons. The van der Waals surface area contributed by atoms with Crippen LogP contribution in [0.4, 0.5) is 15.9 Å². The third-order valence-corrected chi connectivity index (χ3v) is 5.71. The number of aldehydes is 1. The van der Waals surface area contributed by atoms with Crippen LogP contribution in [-0.4, -0.2) is 17.8 Å². The molecule has 6 heteroatoms. The molecule has 0 saturated heterocycles. The lowest BCUT2D eigenvalue weighted by molar-refractivity contribution is 0.112. The molecule has 24 heavy (non-hydrogen) atoms. The molecule has 4 nitrogen and oxygen atoms in total. The first-order valence-electron chi connectivity index (χ1n) is 8.04. The molecule has 1 aromatic heterocycles. The molecule has 3 N–H and O–H groups in total. The highest BCUT2D eigenvalue weighted by molar-refractivity contribution is 6.34. The lowest BCUT2D eigenvalue weighted by Gasteiger charge is -2.24. The van der Waals surface area contributed by atoms with Crippen molar-refractivity contribution < 1.29 is 9.18 Å².